The van der Waals surface area contributed by atoms with Gasteiger partial charge in [-0.2, -0.15) is 0 Å². The van der Waals surface area contributed by atoms with Gasteiger partial charge in [0, 0.05) is 12.0 Å². The average Bonchev–Trinajstić information content (AvgIpc) is 3.07. The SMILES string of the molecule is CN1CCC2(CC1)CCn1c(-c3nc(N)ncc3Cl)cnc12. The van der Waals surface area contributed by atoms with Gasteiger partial charge in [0.1, 0.15) is 11.5 Å². The highest BCUT2D eigenvalue weighted by Crippen LogP contribution is 2.44. The summed E-state index contributed by atoms with van der Waals surface area (Å²) in [4.78, 5) is 15.4. The largest absolute Gasteiger partial charge is 0.368 e. The molecule has 0 aromatic carbocycles. The first-order valence-corrected chi connectivity index (χ1v) is 8.00. The van der Waals surface area contributed by atoms with Crippen molar-refractivity contribution in [3.63, 3.8) is 0 Å². The summed E-state index contributed by atoms with van der Waals surface area (Å²) in [6.45, 7) is 3.22. The van der Waals surface area contributed by atoms with Gasteiger partial charge in [0.2, 0.25) is 5.95 Å². The standard InChI is InChI=1S/C15H19ClN6/c1-21-5-2-15(3-6-21)4-7-22-11(9-18-13(15)22)12-10(16)8-19-14(17)20-12/h8-9H,2-7H2,1H3,(H2,17,19,20). The van der Waals surface area contributed by atoms with Crippen molar-refractivity contribution in [2.75, 3.05) is 25.9 Å². The van der Waals surface area contributed by atoms with Crippen LogP contribution in [0.1, 0.15) is 25.1 Å². The van der Waals surface area contributed by atoms with Crippen LogP contribution >= 0.6 is 11.6 Å². The predicted octanol–water partition coefficient (Wildman–Crippen LogP) is 1.94. The Balaban J connectivity index is 1.76. The van der Waals surface area contributed by atoms with Crippen LogP contribution in [0.25, 0.3) is 11.4 Å². The number of imidazole rings is 1. The van der Waals surface area contributed by atoms with Crippen molar-refractivity contribution in [1.82, 2.24) is 24.4 Å². The number of likely N-dealkylation sites (tertiary alicyclic amines) is 1. The van der Waals surface area contributed by atoms with E-state index in [1.54, 1.807) is 6.20 Å². The number of hydrogen-bond donors (Lipinski definition) is 1. The lowest BCUT2D eigenvalue weighted by Gasteiger charge is -2.36. The molecule has 2 aliphatic rings. The maximum atomic E-state index is 6.26. The van der Waals surface area contributed by atoms with E-state index in [2.05, 4.69) is 26.5 Å². The second kappa shape index (κ2) is 4.93. The number of piperidine rings is 1. The third-order valence-corrected chi connectivity index (χ3v) is 5.37. The maximum Gasteiger partial charge on any atom is 0.220 e. The highest BCUT2D eigenvalue weighted by molar-refractivity contribution is 6.32. The molecule has 0 saturated carbocycles. The second-order valence-electron chi connectivity index (χ2n) is 6.38. The molecule has 4 heterocycles. The first-order valence-electron chi connectivity index (χ1n) is 7.62. The van der Waals surface area contributed by atoms with Gasteiger partial charge < -0.3 is 15.2 Å². The van der Waals surface area contributed by atoms with Gasteiger partial charge in [-0.1, -0.05) is 11.6 Å². The lowest BCUT2D eigenvalue weighted by atomic mass is 9.77. The molecule has 1 spiro atoms. The number of halogens is 1. The molecule has 6 nitrogen and oxygen atoms in total. The van der Waals surface area contributed by atoms with E-state index >= 15 is 0 Å². The fraction of sp³-hybridized carbons (Fsp3) is 0.533. The van der Waals surface area contributed by atoms with Crippen molar-refractivity contribution >= 4 is 17.5 Å². The molecule has 0 aliphatic carbocycles. The highest BCUT2D eigenvalue weighted by Gasteiger charge is 2.43. The van der Waals surface area contributed by atoms with E-state index in [0.717, 1.165) is 31.7 Å². The average molecular weight is 319 g/mol. The van der Waals surface area contributed by atoms with Crippen molar-refractivity contribution in [3.05, 3.63) is 23.2 Å². The molecular weight excluding hydrogens is 300 g/mol. The molecule has 4 rings (SSSR count). The van der Waals surface area contributed by atoms with Crippen LogP contribution in [0, 0.1) is 0 Å². The first-order chi connectivity index (χ1) is 10.6. The molecule has 0 unspecified atom stereocenters. The van der Waals surface area contributed by atoms with Gasteiger partial charge in [0.05, 0.1) is 23.1 Å². The first kappa shape index (κ1) is 14.0. The normalized spacial score (nSPS) is 20.5. The van der Waals surface area contributed by atoms with Crippen LogP contribution in [-0.4, -0.2) is 44.6 Å². The van der Waals surface area contributed by atoms with E-state index < -0.39 is 0 Å². The van der Waals surface area contributed by atoms with E-state index in [-0.39, 0.29) is 11.4 Å². The Morgan fingerprint density at radius 2 is 1.86 bits per heavy atom. The topological polar surface area (TPSA) is 72.9 Å². The van der Waals surface area contributed by atoms with Gasteiger partial charge in [-0.15, -0.1) is 0 Å². The lowest BCUT2D eigenvalue weighted by molar-refractivity contribution is 0.184. The second-order valence-corrected chi connectivity index (χ2v) is 6.78. The minimum absolute atomic E-state index is 0.218. The number of rotatable bonds is 1. The summed E-state index contributed by atoms with van der Waals surface area (Å²) < 4.78 is 2.26. The fourth-order valence-electron chi connectivity index (χ4n) is 3.73. The molecular formula is C15H19ClN6. The molecule has 0 radical (unpaired) electrons. The molecule has 0 bridgehead atoms. The molecule has 2 N–H and O–H groups in total. The molecule has 116 valence electrons. The molecule has 2 aliphatic heterocycles. The number of aromatic nitrogens is 4. The van der Waals surface area contributed by atoms with Crippen LogP contribution < -0.4 is 5.73 Å². The van der Waals surface area contributed by atoms with E-state index in [1.807, 2.05) is 6.20 Å². The zero-order valence-electron chi connectivity index (χ0n) is 12.6. The molecule has 7 heteroatoms. The summed E-state index contributed by atoms with van der Waals surface area (Å²) in [5.41, 5.74) is 7.56. The number of hydrogen-bond acceptors (Lipinski definition) is 5. The quantitative estimate of drug-likeness (QED) is 0.870. The summed E-state index contributed by atoms with van der Waals surface area (Å²) in [6.07, 6.45) is 6.91. The van der Waals surface area contributed by atoms with Crippen LogP contribution in [0.4, 0.5) is 5.95 Å². The summed E-state index contributed by atoms with van der Waals surface area (Å²) in [6, 6.07) is 0. The molecule has 2 aromatic heterocycles. The number of nitrogens with zero attached hydrogens (tertiary/aromatic N) is 5. The zero-order valence-corrected chi connectivity index (χ0v) is 13.3. The smallest absolute Gasteiger partial charge is 0.220 e. The van der Waals surface area contributed by atoms with Gasteiger partial charge >= 0.3 is 0 Å². The van der Waals surface area contributed by atoms with Gasteiger partial charge in [-0.05, 0) is 39.4 Å². The van der Waals surface area contributed by atoms with E-state index in [4.69, 9.17) is 22.3 Å². The molecule has 0 atom stereocenters. The van der Waals surface area contributed by atoms with Crippen LogP contribution in [0.3, 0.4) is 0 Å². The third kappa shape index (κ3) is 2.01. The highest BCUT2D eigenvalue weighted by atomic mass is 35.5. The summed E-state index contributed by atoms with van der Waals surface area (Å²) >= 11 is 6.26. The Kier molecular flexibility index (Phi) is 3.13. The van der Waals surface area contributed by atoms with Crippen LogP contribution in [-0.2, 0) is 12.0 Å². The monoisotopic (exact) mass is 318 g/mol. The molecule has 2 aromatic rings. The molecule has 0 amide bonds. The Labute approximate surface area is 134 Å². The molecule has 1 saturated heterocycles. The third-order valence-electron chi connectivity index (χ3n) is 5.09. The van der Waals surface area contributed by atoms with Crippen molar-refractivity contribution in [3.8, 4) is 11.4 Å². The van der Waals surface area contributed by atoms with Gasteiger partial charge in [-0.3, -0.25) is 0 Å². The number of nitrogen functional groups attached to an aromatic ring is 1. The van der Waals surface area contributed by atoms with E-state index in [9.17, 15) is 0 Å². The van der Waals surface area contributed by atoms with Crippen LogP contribution in [0.15, 0.2) is 12.4 Å². The zero-order chi connectivity index (χ0) is 15.3. The van der Waals surface area contributed by atoms with Crippen LogP contribution in [0.2, 0.25) is 5.02 Å². The Bertz CT molecular complexity index is 717. The van der Waals surface area contributed by atoms with E-state index in [0.29, 0.717) is 10.7 Å². The maximum absolute atomic E-state index is 6.26. The number of nitrogens with two attached hydrogens (primary N) is 1. The van der Waals surface area contributed by atoms with Crippen molar-refractivity contribution in [2.45, 2.75) is 31.2 Å². The number of fused-ring (bicyclic) bond motifs is 2. The van der Waals surface area contributed by atoms with E-state index in [1.165, 1.54) is 18.7 Å². The van der Waals surface area contributed by atoms with Gasteiger partial charge in [0.15, 0.2) is 0 Å². The van der Waals surface area contributed by atoms with Crippen molar-refractivity contribution < 1.29 is 0 Å². The summed E-state index contributed by atoms with van der Waals surface area (Å²) in [7, 11) is 2.18. The number of anilines is 1. The fourth-order valence-corrected chi connectivity index (χ4v) is 3.92. The predicted molar refractivity (Wildman–Crippen MR) is 85.7 cm³/mol. The lowest BCUT2D eigenvalue weighted by Crippen LogP contribution is -2.39. The van der Waals surface area contributed by atoms with Gasteiger partial charge in [-0.25, -0.2) is 15.0 Å². The minimum Gasteiger partial charge on any atom is -0.368 e. The Morgan fingerprint density at radius 3 is 2.64 bits per heavy atom. The Morgan fingerprint density at radius 1 is 1.14 bits per heavy atom. The summed E-state index contributed by atoms with van der Waals surface area (Å²) in [5, 5.41) is 0.515. The van der Waals surface area contributed by atoms with Crippen molar-refractivity contribution in [2.24, 2.45) is 0 Å². The minimum atomic E-state index is 0.218. The Hall–Kier alpha value is -1.66. The van der Waals surface area contributed by atoms with Gasteiger partial charge in [0.25, 0.3) is 0 Å². The molecule has 1 fully saturated rings. The summed E-state index contributed by atoms with van der Waals surface area (Å²) in [5.74, 6) is 1.42. The van der Waals surface area contributed by atoms with Crippen molar-refractivity contribution in [1.29, 1.82) is 0 Å². The molecule has 22 heavy (non-hydrogen) atoms. The van der Waals surface area contributed by atoms with Crippen LogP contribution in [0.5, 0.6) is 0 Å².